The van der Waals surface area contributed by atoms with Crippen molar-refractivity contribution in [3.63, 3.8) is 0 Å². The van der Waals surface area contributed by atoms with Crippen LogP contribution in [0.2, 0.25) is 0 Å². The topological polar surface area (TPSA) is 84.9 Å². The Morgan fingerprint density at radius 2 is 1.63 bits per heavy atom. The molecule has 1 N–H and O–H groups in total. The third kappa shape index (κ3) is 6.78. The van der Waals surface area contributed by atoms with Crippen LogP contribution in [0.15, 0.2) is 82.6 Å². The van der Waals surface area contributed by atoms with Gasteiger partial charge in [0, 0.05) is 17.5 Å². The Bertz CT molecular complexity index is 1230. The molecule has 0 aliphatic rings. The van der Waals surface area contributed by atoms with E-state index in [1.165, 1.54) is 36.7 Å². The summed E-state index contributed by atoms with van der Waals surface area (Å²) in [5.74, 6) is 0.312. The van der Waals surface area contributed by atoms with Crippen LogP contribution in [0.5, 0.6) is 11.5 Å². The lowest BCUT2D eigenvalue weighted by atomic mass is 10.1. The first-order chi connectivity index (χ1) is 16.8. The highest BCUT2D eigenvalue weighted by Crippen LogP contribution is 2.31. The maximum absolute atomic E-state index is 13.6. The smallest absolute Gasteiger partial charge is 0.243 e. The number of methoxy groups -OCH3 is 2. The van der Waals surface area contributed by atoms with E-state index in [0.717, 1.165) is 16.0 Å². The van der Waals surface area contributed by atoms with Crippen molar-refractivity contribution in [1.82, 2.24) is 9.62 Å². The fraction of sp³-hybridized carbons (Fsp3) is 0.269. The van der Waals surface area contributed by atoms with Gasteiger partial charge in [0.05, 0.1) is 31.7 Å². The number of hydrogen-bond acceptors (Lipinski definition) is 6. The quantitative estimate of drug-likeness (QED) is 0.380. The molecule has 1 atom stereocenters. The molecule has 3 rings (SSSR count). The molecular weight excluding hydrogens is 484 g/mol. The van der Waals surface area contributed by atoms with E-state index >= 15 is 0 Å². The molecule has 186 valence electrons. The summed E-state index contributed by atoms with van der Waals surface area (Å²) in [4.78, 5) is 14.1. The largest absolute Gasteiger partial charge is 0.493 e. The number of nitrogens with zero attached hydrogens (tertiary/aromatic N) is 1. The average molecular weight is 515 g/mol. The first kappa shape index (κ1) is 26.6. The van der Waals surface area contributed by atoms with Crippen LogP contribution in [0.25, 0.3) is 0 Å². The van der Waals surface area contributed by atoms with Crippen molar-refractivity contribution in [2.24, 2.45) is 0 Å². The van der Waals surface area contributed by atoms with E-state index in [4.69, 9.17) is 9.47 Å². The zero-order valence-electron chi connectivity index (χ0n) is 20.2. The molecule has 1 amide bonds. The Kier molecular flexibility index (Phi) is 9.20. The third-order valence-electron chi connectivity index (χ3n) is 5.51. The van der Waals surface area contributed by atoms with Gasteiger partial charge in [0.15, 0.2) is 11.5 Å². The van der Waals surface area contributed by atoms with Gasteiger partial charge in [-0.1, -0.05) is 42.5 Å². The van der Waals surface area contributed by atoms with Crippen molar-refractivity contribution >= 4 is 27.7 Å². The Morgan fingerprint density at radius 1 is 0.971 bits per heavy atom. The van der Waals surface area contributed by atoms with Gasteiger partial charge in [0.25, 0.3) is 0 Å². The van der Waals surface area contributed by atoms with Crippen molar-refractivity contribution in [3.05, 3.63) is 83.9 Å². The van der Waals surface area contributed by atoms with Gasteiger partial charge >= 0.3 is 0 Å². The summed E-state index contributed by atoms with van der Waals surface area (Å²) in [6, 6.07) is 21.2. The van der Waals surface area contributed by atoms with Gasteiger partial charge in [-0.15, -0.1) is 11.8 Å². The molecule has 0 unspecified atom stereocenters. The number of carbonyl (C=O) groups is 1. The number of thioether (sulfide) groups is 1. The van der Waals surface area contributed by atoms with Gasteiger partial charge in [-0.3, -0.25) is 4.79 Å². The number of benzene rings is 3. The normalized spacial score (nSPS) is 12.3. The van der Waals surface area contributed by atoms with E-state index in [-0.39, 0.29) is 24.0 Å². The van der Waals surface area contributed by atoms with Gasteiger partial charge in [-0.25, -0.2) is 8.42 Å². The van der Waals surface area contributed by atoms with Crippen LogP contribution in [0.4, 0.5) is 0 Å². The van der Waals surface area contributed by atoms with Crippen LogP contribution in [0, 0.1) is 0 Å². The molecule has 0 fully saturated rings. The Hall–Kier alpha value is -3.01. The number of amides is 1. The van der Waals surface area contributed by atoms with Crippen molar-refractivity contribution in [3.8, 4) is 11.5 Å². The lowest BCUT2D eigenvalue weighted by molar-refractivity contribution is -0.122. The van der Waals surface area contributed by atoms with Crippen molar-refractivity contribution < 1.29 is 22.7 Å². The van der Waals surface area contributed by atoms with Gasteiger partial charge in [-0.2, -0.15) is 4.31 Å². The average Bonchev–Trinajstić information content (AvgIpc) is 2.88. The molecule has 9 heteroatoms. The molecule has 7 nitrogen and oxygen atoms in total. The van der Waals surface area contributed by atoms with Crippen molar-refractivity contribution in [2.75, 3.05) is 27.0 Å². The molecule has 3 aromatic rings. The van der Waals surface area contributed by atoms with E-state index < -0.39 is 15.9 Å². The predicted octanol–water partition coefficient (Wildman–Crippen LogP) is 4.49. The minimum atomic E-state index is -4.03. The summed E-state index contributed by atoms with van der Waals surface area (Å²) in [7, 11) is -1.11. The Labute approximate surface area is 211 Å². The molecule has 0 saturated heterocycles. The molecular formula is C26H30N2O5S2. The Balaban J connectivity index is 1.85. The van der Waals surface area contributed by atoms with Crippen LogP contribution in [-0.2, 0) is 21.4 Å². The summed E-state index contributed by atoms with van der Waals surface area (Å²) in [6.45, 7) is 1.58. The fourth-order valence-corrected chi connectivity index (χ4v) is 5.37. The van der Waals surface area contributed by atoms with Crippen LogP contribution in [0.3, 0.4) is 0 Å². The predicted molar refractivity (Wildman–Crippen MR) is 138 cm³/mol. The summed E-state index contributed by atoms with van der Waals surface area (Å²) >= 11 is 1.64. The first-order valence-corrected chi connectivity index (χ1v) is 13.6. The lowest BCUT2D eigenvalue weighted by Crippen LogP contribution is -2.41. The van der Waals surface area contributed by atoms with Gasteiger partial charge < -0.3 is 14.8 Å². The van der Waals surface area contributed by atoms with Crippen LogP contribution in [-0.4, -0.2) is 45.7 Å². The standard InChI is InChI=1S/C26H30N2O5S2/c1-19(21-10-12-22(34-4)13-11-21)27-26(29)18-28(17-20-8-6-5-7-9-20)35(30,31)23-14-15-24(32-2)25(16-23)33-3/h5-16,19H,17-18H2,1-4H3,(H,27,29)/t19-/m1/s1. The monoisotopic (exact) mass is 514 g/mol. The Morgan fingerprint density at radius 3 is 2.23 bits per heavy atom. The minimum Gasteiger partial charge on any atom is -0.493 e. The maximum Gasteiger partial charge on any atom is 0.243 e. The number of nitrogens with one attached hydrogen (secondary N) is 1. The maximum atomic E-state index is 13.6. The molecule has 0 radical (unpaired) electrons. The third-order valence-corrected chi connectivity index (χ3v) is 8.04. The number of sulfonamides is 1. The van der Waals surface area contributed by atoms with E-state index in [9.17, 15) is 13.2 Å². The van der Waals surface area contributed by atoms with E-state index in [1.54, 1.807) is 11.8 Å². The second kappa shape index (κ2) is 12.1. The second-order valence-corrected chi connectivity index (χ2v) is 10.7. The summed E-state index contributed by atoms with van der Waals surface area (Å²) in [5, 5.41) is 2.92. The van der Waals surface area contributed by atoms with E-state index in [0.29, 0.717) is 11.5 Å². The SMILES string of the molecule is COc1ccc(S(=O)(=O)N(CC(=O)N[C@H](C)c2ccc(SC)cc2)Cc2ccccc2)cc1OC. The highest BCUT2D eigenvalue weighted by molar-refractivity contribution is 7.98. The zero-order chi connectivity index (χ0) is 25.4. The molecule has 35 heavy (non-hydrogen) atoms. The van der Waals surface area contributed by atoms with E-state index in [1.807, 2.05) is 67.8 Å². The van der Waals surface area contributed by atoms with Gasteiger partial charge in [-0.05, 0) is 48.6 Å². The first-order valence-electron chi connectivity index (χ1n) is 11.0. The van der Waals surface area contributed by atoms with Crippen molar-refractivity contribution in [1.29, 1.82) is 0 Å². The molecule has 3 aromatic carbocycles. The second-order valence-electron chi connectivity index (χ2n) is 7.84. The van der Waals surface area contributed by atoms with Crippen LogP contribution >= 0.6 is 11.8 Å². The van der Waals surface area contributed by atoms with E-state index in [2.05, 4.69) is 5.32 Å². The molecule has 0 aliphatic carbocycles. The minimum absolute atomic E-state index is 0.0135. The molecule has 0 aliphatic heterocycles. The summed E-state index contributed by atoms with van der Waals surface area (Å²) in [5.41, 5.74) is 1.71. The number of hydrogen-bond donors (Lipinski definition) is 1. The molecule has 0 saturated carbocycles. The molecule has 0 bridgehead atoms. The number of ether oxygens (including phenoxy) is 2. The molecule has 0 heterocycles. The lowest BCUT2D eigenvalue weighted by Gasteiger charge is -2.24. The van der Waals surface area contributed by atoms with Crippen molar-refractivity contribution in [2.45, 2.75) is 29.3 Å². The fourth-order valence-electron chi connectivity index (χ4n) is 3.56. The molecule has 0 aromatic heterocycles. The summed E-state index contributed by atoms with van der Waals surface area (Å²) < 4.78 is 38.9. The van der Waals surface area contributed by atoms with Crippen LogP contribution in [0.1, 0.15) is 24.1 Å². The highest BCUT2D eigenvalue weighted by atomic mass is 32.2. The van der Waals surface area contributed by atoms with Gasteiger partial charge in [0.2, 0.25) is 15.9 Å². The summed E-state index contributed by atoms with van der Waals surface area (Å²) in [6.07, 6.45) is 2.00. The van der Waals surface area contributed by atoms with Crippen LogP contribution < -0.4 is 14.8 Å². The number of rotatable bonds is 11. The van der Waals surface area contributed by atoms with Gasteiger partial charge in [0.1, 0.15) is 0 Å². The zero-order valence-corrected chi connectivity index (χ0v) is 21.9. The highest BCUT2D eigenvalue weighted by Gasteiger charge is 2.28. The number of carbonyl (C=O) groups excluding carboxylic acids is 1. The molecule has 0 spiro atoms.